The molecule has 0 saturated heterocycles. The smallest absolute Gasteiger partial charge is 0.245 e. The van der Waals surface area contributed by atoms with E-state index in [4.69, 9.17) is 5.73 Å². The van der Waals surface area contributed by atoms with Crippen LogP contribution in [0.2, 0.25) is 0 Å². The predicted octanol–water partition coefficient (Wildman–Crippen LogP) is 0.457. The van der Waals surface area contributed by atoms with Crippen molar-refractivity contribution < 1.29 is 17.9 Å². The molecule has 0 aliphatic rings. The van der Waals surface area contributed by atoms with Crippen LogP contribution in [-0.2, 0) is 10.0 Å². The van der Waals surface area contributed by atoms with E-state index in [1.165, 1.54) is 12.1 Å². The molecular formula is C10H15FN2O3S. The minimum Gasteiger partial charge on any atom is -0.398 e. The van der Waals surface area contributed by atoms with Gasteiger partial charge in [-0.05, 0) is 18.6 Å². The molecule has 1 aromatic carbocycles. The molecule has 17 heavy (non-hydrogen) atoms. The molecule has 0 radical (unpaired) electrons. The number of nitrogens with two attached hydrogens (primary N) is 1. The second-order valence-corrected chi connectivity index (χ2v) is 5.28. The summed E-state index contributed by atoms with van der Waals surface area (Å²) in [5.41, 5.74) is 5.26. The molecule has 0 amide bonds. The van der Waals surface area contributed by atoms with Gasteiger partial charge in [-0.2, -0.15) is 0 Å². The molecule has 1 aromatic rings. The maximum absolute atomic E-state index is 13.4. The Morgan fingerprint density at radius 2 is 2.18 bits per heavy atom. The Balaban J connectivity index is 2.98. The van der Waals surface area contributed by atoms with E-state index in [1.54, 1.807) is 6.92 Å². The van der Waals surface area contributed by atoms with Gasteiger partial charge < -0.3 is 10.8 Å². The van der Waals surface area contributed by atoms with Crippen LogP contribution in [0.15, 0.2) is 23.1 Å². The van der Waals surface area contributed by atoms with E-state index < -0.39 is 26.8 Å². The molecule has 0 fully saturated rings. The number of hydrogen-bond donors (Lipinski definition) is 3. The van der Waals surface area contributed by atoms with Gasteiger partial charge >= 0.3 is 0 Å². The van der Waals surface area contributed by atoms with Crippen molar-refractivity contribution in [1.29, 1.82) is 0 Å². The average molecular weight is 262 g/mol. The first-order valence-electron chi connectivity index (χ1n) is 5.10. The monoisotopic (exact) mass is 262 g/mol. The molecule has 1 atom stereocenters. The summed E-state index contributed by atoms with van der Waals surface area (Å²) in [5, 5.41) is 9.25. The fraction of sp³-hybridized carbons (Fsp3) is 0.400. The van der Waals surface area contributed by atoms with Crippen molar-refractivity contribution >= 4 is 15.7 Å². The second-order valence-electron chi connectivity index (χ2n) is 3.57. The first-order chi connectivity index (χ1) is 7.88. The summed E-state index contributed by atoms with van der Waals surface area (Å²) in [7, 11) is -4.04. The minimum absolute atomic E-state index is 0.163. The summed E-state index contributed by atoms with van der Waals surface area (Å²) < 4.78 is 39.0. The van der Waals surface area contributed by atoms with Crippen molar-refractivity contribution in [1.82, 2.24) is 4.72 Å². The molecule has 0 aromatic heterocycles. The van der Waals surface area contributed by atoms with Crippen molar-refractivity contribution in [3.63, 3.8) is 0 Å². The molecule has 0 aliphatic carbocycles. The Hall–Kier alpha value is -1.18. The summed E-state index contributed by atoms with van der Waals surface area (Å²) >= 11 is 0. The summed E-state index contributed by atoms with van der Waals surface area (Å²) in [4.78, 5) is -0.580. The van der Waals surface area contributed by atoms with Crippen LogP contribution in [0.4, 0.5) is 10.1 Å². The van der Waals surface area contributed by atoms with Gasteiger partial charge in [-0.25, -0.2) is 17.5 Å². The third kappa shape index (κ3) is 3.39. The Morgan fingerprint density at radius 1 is 1.53 bits per heavy atom. The SMILES string of the molecule is CCC(O)CNS(=O)(=O)c1c(N)cccc1F. The number of rotatable bonds is 5. The van der Waals surface area contributed by atoms with Crippen LogP contribution in [0.1, 0.15) is 13.3 Å². The lowest BCUT2D eigenvalue weighted by Gasteiger charge is -2.12. The van der Waals surface area contributed by atoms with Crippen molar-refractivity contribution in [3.05, 3.63) is 24.0 Å². The van der Waals surface area contributed by atoms with Gasteiger partial charge in [-0.1, -0.05) is 13.0 Å². The number of nitrogen functional groups attached to an aromatic ring is 1. The van der Waals surface area contributed by atoms with Crippen molar-refractivity contribution in [3.8, 4) is 0 Å². The fourth-order valence-corrected chi connectivity index (χ4v) is 2.49. The average Bonchev–Trinajstić information content (AvgIpc) is 2.25. The summed E-state index contributed by atoms with van der Waals surface area (Å²) in [5.74, 6) is -0.913. The predicted molar refractivity (Wildman–Crippen MR) is 62.3 cm³/mol. The third-order valence-corrected chi connectivity index (χ3v) is 3.76. The van der Waals surface area contributed by atoms with E-state index in [0.29, 0.717) is 6.42 Å². The largest absolute Gasteiger partial charge is 0.398 e. The van der Waals surface area contributed by atoms with Crippen LogP contribution in [0, 0.1) is 5.82 Å². The van der Waals surface area contributed by atoms with Gasteiger partial charge in [0, 0.05) is 6.54 Å². The number of nitrogens with one attached hydrogen (secondary N) is 1. The summed E-state index contributed by atoms with van der Waals surface area (Å²) in [6.45, 7) is 1.53. The number of aliphatic hydroxyl groups excluding tert-OH is 1. The van der Waals surface area contributed by atoms with Gasteiger partial charge in [0.05, 0.1) is 11.8 Å². The van der Waals surface area contributed by atoms with E-state index in [0.717, 1.165) is 6.07 Å². The van der Waals surface area contributed by atoms with E-state index in [-0.39, 0.29) is 12.2 Å². The van der Waals surface area contributed by atoms with Crippen LogP contribution in [0.25, 0.3) is 0 Å². The molecule has 1 rings (SSSR count). The van der Waals surface area contributed by atoms with Gasteiger partial charge in [0.2, 0.25) is 10.0 Å². The molecule has 96 valence electrons. The van der Waals surface area contributed by atoms with Crippen molar-refractivity contribution in [2.45, 2.75) is 24.3 Å². The Kier molecular flexibility index (Phi) is 4.44. The van der Waals surface area contributed by atoms with Crippen LogP contribution in [0.3, 0.4) is 0 Å². The highest BCUT2D eigenvalue weighted by molar-refractivity contribution is 7.89. The van der Waals surface area contributed by atoms with Gasteiger partial charge in [0.15, 0.2) is 0 Å². The second kappa shape index (κ2) is 5.44. The topological polar surface area (TPSA) is 92.4 Å². The number of benzene rings is 1. The highest BCUT2D eigenvalue weighted by Crippen LogP contribution is 2.21. The number of sulfonamides is 1. The maximum atomic E-state index is 13.4. The van der Waals surface area contributed by atoms with Crippen LogP contribution in [-0.4, -0.2) is 26.2 Å². The standard InChI is InChI=1S/C10H15FN2O3S/c1-2-7(14)6-13-17(15,16)10-8(11)4-3-5-9(10)12/h3-5,7,13-14H,2,6,12H2,1H3. The first-order valence-corrected chi connectivity index (χ1v) is 6.58. The molecule has 0 aliphatic heterocycles. The molecule has 0 saturated carbocycles. The fourth-order valence-electron chi connectivity index (χ4n) is 1.23. The molecule has 4 N–H and O–H groups in total. The third-order valence-electron chi connectivity index (χ3n) is 2.25. The summed E-state index contributed by atoms with van der Waals surface area (Å²) in [6, 6.07) is 3.64. The lowest BCUT2D eigenvalue weighted by molar-refractivity contribution is 0.174. The zero-order valence-electron chi connectivity index (χ0n) is 9.35. The number of halogens is 1. The zero-order valence-corrected chi connectivity index (χ0v) is 10.2. The lowest BCUT2D eigenvalue weighted by atomic mass is 10.3. The number of hydrogen-bond acceptors (Lipinski definition) is 4. The van der Waals surface area contributed by atoms with Gasteiger partial charge in [-0.15, -0.1) is 0 Å². The molecule has 7 heteroatoms. The molecule has 1 unspecified atom stereocenters. The van der Waals surface area contributed by atoms with Gasteiger partial charge in [0.25, 0.3) is 0 Å². The van der Waals surface area contributed by atoms with Crippen LogP contribution in [0.5, 0.6) is 0 Å². The summed E-state index contributed by atoms with van der Waals surface area (Å²) in [6.07, 6.45) is -0.410. The van der Waals surface area contributed by atoms with Crippen LogP contribution < -0.4 is 10.5 Å². The van der Waals surface area contributed by atoms with Gasteiger partial charge in [-0.3, -0.25) is 0 Å². The van der Waals surface area contributed by atoms with Gasteiger partial charge in [0.1, 0.15) is 10.7 Å². The Morgan fingerprint density at radius 3 is 2.71 bits per heavy atom. The number of anilines is 1. The Bertz CT molecular complexity index is 470. The van der Waals surface area contributed by atoms with Crippen molar-refractivity contribution in [2.24, 2.45) is 0 Å². The quantitative estimate of drug-likeness (QED) is 0.672. The molecule has 0 heterocycles. The number of aliphatic hydroxyl groups is 1. The zero-order chi connectivity index (χ0) is 13.1. The highest BCUT2D eigenvalue weighted by atomic mass is 32.2. The molecule has 0 bridgehead atoms. The van der Waals surface area contributed by atoms with Crippen LogP contribution >= 0.6 is 0 Å². The first kappa shape index (κ1) is 13.9. The maximum Gasteiger partial charge on any atom is 0.245 e. The Labute approximate surface area is 99.5 Å². The molecular weight excluding hydrogens is 247 g/mol. The normalized spacial score (nSPS) is 13.6. The molecule has 5 nitrogen and oxygen atoms in total. The molecule has 0 spiro atoms. The lowest BCUT2D eigenvalue weighted by Crippen LogP contribution is -2.32. The highest BCUT2D eigenvalue weighted by Gasteiger charge is 2.22. The van der Waals surface area contributed by atoms with E-state index >= 15 is 0 Å². The van der Waals surface area contributed by atoms with Crippen molar-refractivity contribution in [2.75, 3.05) is 12.3 Å². The van der Waals surface area contributed by atoms with E-state index in [1.807, 2.05) is 0 Å². The minimum atomic E-state index is -4.04. The van der Waals surface area contributed by atoms with E-state index in [9.17, 15) is 17.9 Å². The van der Waals surface area contributed by atoms with E-state index in [2.05, 4.69) is 4.72 Å².